The first-order chi connectivity index (χ1) is 13.4. The van der Waals surface area contributed by atoms with Gasteiger partial charge in [0.15, 0.2) is 0 Å². The van der Waals surface area contributed by atoms with Crippen LogP contribution in [0.25, 0.3) is 0 Å². The van der Waals surface area contributed by atoms with E-state index in [1.165, 1.54) is 12.1 Å². The van der Waals surface area contributed by atoms with Crippen molar-refractivity contribution in [1.29, 1.82) is 0 Å². The summed E-state index contributed by atoms with van der Waals surface area (Å²) in [6.45, 7) is 4.07. The van der Waals surface area contributed by atoms with Crippen LogP contribution >= 0.6 is 11.6 Å². The average Bonchev–Trinajstić information content (AvgIpc) is 2.66. The molecule has 0 fully saturated rings. The molecule has 5 nitrogen and oxygen atoms in total. The molecular formula is C21H20ClFN4O. The first kappa shape index (κ1) is 19.8. The number of rotatable bonds is 6. The lowest BCUT2D eigenvalue weighted by Gasteiger charge is -2.10. The maximum Gasteiger partial charge on any atom is 0.270 e. The number of amides is 1. The van der Waals surface area contributed by atoms with Crippen LogP contribution in [0.1, 0.15) is 27.4 Å². The minimum atomic E-state index is -0.294. The van der Waals surface area contributed by atoms with Crippen LogP contribution in [-0.2, 0) is 6.42 Å². The number of aryl methyl sites for hydroxylation is 2. The fourth-order valence-electron chi connectivity index (χ4n) is 2.63. The van der Waals surface area contributed by atoms with E-state index in [4.69, 9.17) is 11.6 Å². The molecule has 0 saturated heterocycles. The molecule has 3 rings (SSSR count). The summed E-state index contributed by atoms with van der Waals surface area (Å²) < 4.78 is 12.9. The molecule has 1 aromatic heterocycles. The lowest BCUT2D eigenvalue weighted by atomic mass is 10.1. The highest BCUT2D eigenvalue weighted by Gasteiger charge is 2.11. The van der Waals surface area contributed by atoms with Gasteiger partial charge in [0.25, 0.3) is 5.91 Å². The van der Waals surface area contributed by atoms with Gasteiger partial charge in [0.2, 0.25) is 0 Å². The molecule has 0 atom stereocenters. The van der Waals surface area contributed by atoms with Crippen molar-refractivity contribution in [3.63, 3.8) is 0 Å². The first-order valence-electron chi connectivity index (χ1n) is 8.82. The summed E-state index contributed by atoms with van der Waals surface area (Å²) in [5.74, 6) is 0.416. The van der Waals surface area contributed by atoms with E-state index in [0.717, 1.165) is 16.8 Å². The summed E-state index contributed by atoms with van der Waals surface area (Å²) in [6, 6.07) is 13.4. The molecule has 0 aliphatic carbocycles. The fraction of sp³-hybridized carbons (Fsp3) is 0.190. The number of nitrogens with zero attached hydrogens (tertiary/aromatic N) is 2. The molecule has 1 heterocycles. The number of carbonyl (C=O) groups excluding carboxylic acids is 1. The Morgan fingerprint density at radius 1 is 1.07 bits per heavy atom. The molecule has 3 aromatic rings. The van der Waals surface area contributed by atoms with Crippen molar-refractivity contribution in [3.05, 3.63) is 82.0 Å². The summed E-state index contributed by atoms with van der Waals surface area (Å²) >= 11 is 6.15. The Labute approximate surface area is 168 Å². The maximum atomic E-state index is 12.9. The van der Waals surface area contributed by atoms with Crippen LogP contribution in [0.3, 0.4) is 0 Å². The van der Waals surface area contributed by atoms with Crippen LogP contribution in [0.4, 0.5) is 15.9 Å². The Bertz CT molecular complexity index is 992. The Kier molecular flexibility index (Phi) is 6.21. The zero-order valence-electron chi connectivity index (χ0n) is 15.6. The smallest absolute Gasteiger partial charge is 0.270 e. The van der Waals surface area contributed by atoms with Gasteiger partial charge in [-0.25, -0.2) is 14.4 Å². The molecule has 2 aromatic carbocycles. The van der Waals surface area contributed by atoms with Crippen molar-refractivity contribution in [2.45, 2.75) is 20.3 Å². The Morgan fingerprint density at radius 2 is 1.82 bits per heavy atom. The van der Waals surface area contributed by atoms with E-state index in [1.807, 2.05) is 19.1 Å². The van der Waals surface area contributed by atoms with Crippen LogP contribution in [0.2, 0.25) is 5.02 Å². The van der Waals surface area contributed by atoms with Crippen LogP contribution in [-0.4, -0.2) is 22.4 Å². The Balaban J connectivity index is 1.65. The molecule has 7 heteroatoms. The second kappa shape index (κ2) is 8.80. The number of hydrogen-bond acceptors (Lipinski definition) is 4. The molecule has 0 bridgehead atoms. The van der Waals surface area contributed by atoms with Gasteiger partial charge < -0.3 is 10.6 Å². The fourth-order valence-corrected chi connectivity index (χ4v) is 2.81. The van der Waals surface area contributed by atoms with Gasteiger partial charge in [-0.2, -0.15) is 0 Å². The summed E-state index contributed by atoms with van der Waals surface area (Å²) in [5.41, 5.74) is 2.97. The van der Waals surface area contributed by atoms with E-state index in [0.29, 0.717) is 29.6 Å². The van der Waals surface area contributed by atoms with Gasteiger partial charge in [0.1, 0.15) is 23.2 Å². The highest BCUT2D eigenvalue weighted by atomic mass is 35.5. The zero-order chi connectivity index (χ0) is 20.1. The first-order valence-corrected chi connectivity index (χ1v) is 9.20. The summed E-state index contributed by atoms with van der Waals surface area (Å²) in [7, 11) is 0. The van der Waals surface area contributed by atoms with Gasteiger partial charge in [-0.1, -0.05) is 29.8 Å². The molecule has 144 valence electrons. The van der Waals surface area contributed by atoms with Gasteiger partial charge in [0, 0.05) is 23.3 Å². The summed E-state index contributed by atoms with van der Waals surface area (Å²) in [6.07, 6.45) is 0.600. The topological polar surface area (TPSA) is 66.9 Å². The van der Waals surface area contributed by atoms with Gasteiger partial charge in [-0.15, -0.1) is 0 Å². The molecule has 28 heavy (non-hydrogen) atoms. The van der Waals surface area contributed by atoms with Crippen molar-refractivity contribution in [3.8, 4) is 0 Å². The number of aromatic nitrogens is 2. The van der Waals surface area contributed by atoms with E-state index < -0.39 is 0 Å². The highest BCUT2D eigenvalue weighted by molar-refractivity contribution is 6.31. The molecule has 1 amide bonds. The van der Waals surface area contributed by atoms with Crippen LogP contribution in [0.15, 0.2) is 48.5 Å². The van der Waals surface area contributed by atoms with E-state index in [2.05, 4.69) is 20.6 Å². The number of benzene rings is 2. The third kappa shape index (κ3) is 5.27. The minimum Gasteiger partial charge on any atom is -0.350 e. The van der Waals surface area contributed by atoms with Gasteiger partial charge >= 0.3 is 0 Å². The SMILES string of the molecule is Cc1nc(Nc2ccc(C)c(Cl)c2)cc(C(=O)NCCc2ccc(F)cc2)n1. The van der Waals surface area contributed by atoms with Crippen molar-refractivity contribution in [1.82, 2.24) is 15.3 Å². The number of anilines is 2. The average molecular weight is 399 g/mol. The maximum absolute atomic E-state index is 12.9. The zero-order valence-corrected chi connectivity index (χ0v) is 16.3. The minimum absolute atomic E-state index is 0.271. The van der Waals surface area contributed by atoms with E-state index in [9.17, 15) is 9.18 Å². The molecule has 0 radical (unpaired) electrons. The predicted molar refractivity (Wildman–Crippen MR) is 109 cm³/mol. The third-order valence-corrected chi connectivity index (χ3v) is 4.53. The van der Waals surface area contributed by atoms with Crippen LogP contribution < -0.4 is 10.6 Å². The number of carbonyl (C=O) groups is 1. The van der Waals surface area contributed by atoms with Gasteiger partial charge in [-0.05, 0) is 55.7 Å². The van der Waals surface area contributed by atoms with Crippen molar-refractivity contribution >= 4 is 29.0 Å². The summed E-state index contributed by atoms with van der Waals surface area (Å²) in [4.78, 5) is 21.0. The Morgan fingerprint density at radius 3 is 2.54 bits per heavy atom. The van der Waals surface area contributed by atoms with Gasteiger partial charge in [-0.3, -0.25) is 4.79 Å². The molecule has 0 saturated carbocycles. The normalized spacial score (nSPS) is 10.6. The molecular weight excluding hydrogens is 379 g/mol. The number of hydrogen-bond donors (Lipinski definition) is 2. The van der Waals surface area contributed by atoms with E-state index in [1.54, 1.807) is 31.2 Å². The molecule has 0 aliphatic rings. The second-order valence-corrected chi connectivity index (χ2v) is 6.81. The predicted octanol–water partition coefficient (Wildman–Crippen LogP) is 4.60. The van der Waals surface area contributed by atoms with Crippen molar-refractivity contribution in [2.75, 3.05) is 11.9 Å². The van der Waals surface area contributed by atoms with E-state index >= 15 is 0 Å². The van der Waals surface area contributed by atoms with Gasteiger partial charge in [0.05, 0.1) is 0 Å². The largest absolute Gasteiger partial charge is 0.350 e. The lowest BCUT2D eigenvalue weighted by Crippen LogP contribution is -2.27. The number of nitrogens with one attached hydrogen (secondary N) is 2. The molecule has 0 aliphatic heterocycles. The molecule has 0 unspecified atom stereocenters. The second-order valence-electron chi connectivity index (χ2n) is 6.41. The molecule has 0 spiro atoms. The van der Waals surface area contributed by atoms with Crippen LogP contribution in [0.5, 0.6) is 0 Å². The van der Waals surface area contributed by atoms with Crippen molar-refractivity contribution < 1.29 is 9.18 Å². The van der Waals surface area contributed by atoms with E-state index in [-0.39, 0.29) is 17.4 Å². The highest BCUT2D eigenvalue weighted by Crippen LogP contribution is 2.22. The third-order valence-electron chi connectivity index (χ3n) is 4.13. The standard InChI is InChI=1S/C21H20ClFN4O/c1-13-3-8-17(11-18(13)22)27-20-12-19(25-14(2)26-20)21(28)24-10-9-15-4-6-16(23)7-5-15/h3-8,11-12H,9-10H2,1-2H3,(H,24,28)(H,25,26,27). The quantitative estimate of drug-likeness (QED) is 0.636. The van der Waals surface area contributed by atoms with Crippen LogP contribution in [0, 0.1) is 19.7 Å². The molecule has 2 N–H and O–H groups in total. The monoisotopic (exact) mass is 398 g/mol. The lowest BCUT2D eigenvalue weighted by molar-refractivity contribution is 0.0949. The van der Waals surface area contributed by atoms with Crippen molar-refractivity contribution in [2.24, 2.45) is 0 Å². The number of halogens is 2. The summed E-state index contributed by atoms with van der Waals surface area (Å²) in [5, 5.41) is 6.62. The Hall–Kier alpha value is -2.99.